The molecule has 6 aromatic carbocycles. The summed E-state index contributed by atoms with van der Waals surface area (Å²) in [4.78, 5) is 150. The van der Waals surface area contributed by atoms with Crippen LogP contribution in [-0.4, -0.2) is 224 Å². The zero-order valence-corrected chi connectivity index (χ0v) is 66.3. The van der Waals surface area contributed by atoms with Crippen LogP contribution in [0.5, 0.6) is 11.5 Å². The van der Waals surface area contributed by atoms with Gasteiger partial charge in [0, 0.05) is 57.8 Å². The minimum Gasteiger partial charge on any atom is -0.487 e. The van der Waals surface area contributed by atoms with Gasteiger partial charge in [0.25, 0.3) is 0 Å². The third kappa shape index (κ3) is 21.3. The van der Waals surface area contributed by atoms with E-state index in [2.05, 4.69) is 69.1 Å². The predicted octanol–water partition coefficient (Wildman–Crippen LogP) is 1.88. The monoisotopic (exact) mass is 1580 g/mol. The quantitative estimate of drug-likeness (QED) is 0.0619. The highest BCUT2D eigenvalue weighted by molar-refractivity contribution is 5.99. The second-order valence-electron chi connectivity index (χ2n) is 32.1. The van der Waals surface area contributed by atoms with E-state index >= 15 is 24.0 Å². The summed E-state index contributed by atoms with van der Waals surface area (Å²) >= 11 is 0. The molecule has 14 N–H and O–H groups in total. The number of amides is 9. The van der Waals surface area contributed by atoms with E-state index in [1.165, 1.54) is 14.5 Å². The lowest BCUT2D eigenvalue weighted by molar-refractivity contribution is -0.145. The van der Waals surface area contributed by atoms with Gasteiger partial charge in [-0.15, -0.1) is 10.6 Å². The van der Waals surface area contributed by atoms with Gasteiger partial charge in [0.2, 0.25) is 53.2 Å². The van der Waals surface area contributed by atoms with Gasteiger partial charge in [-0.1, -0.05) is 156 Å². The van der Waals surface area contributed by atoms with Crippen molar-refractivity contribution in [3.63, 3.8) is 0 Å². The van der Waals surface area contributed by atoms with E-state index in [4.69, 9.17) is 9.47 Å². The van der Waals surface area contributed by atoms with Gasteiger partial charge in [-0.05, 0) is 107 Å². The van der Waals surface area contributed by atoms with Crippen LogP contribution in [0.2, 0.25) is 0 Å². The van der Waals surface area contributed by atoms with Crippen LogP contribution in [-0.2, 0) is 80.2 Å². The number of nitrogens with one attached hydrogen (secondary N) is 11. The van der Waals surface area contributed by atoms with Crippen LogP contribution in [0.3, 0.4) is 0 Å². The van der Waals surface area contributed by atoms with Gasteiger partial charge in [-0.3, -0.25) is 48.2 Å². The van der Waals surface area contributed by atoms with Crippen LogP contribution in [0, 0.1) is 10.8 Å². The average molecular weight is 1580 g/mol. The van der Waals surface area contributed by atoms with E-state index in [-0.39, 0.29) is 64.8 Å². The van der Waals surface area contributed by atoms with Crippen molar-refractivity contribution < 1.29 is 72.7 Å². The predicted molar refractivity (Wildman–Crippen MR) is 426 cm³/mol. The van der Waals surface area contributed by atoms with Gasteiger partial charge in [0.05, 0.1) is 55.3 Å². The Morgan fingerprint density at radius 3 is 1.48 bits per heavy atom. The first-order chi connectivity index (χ1) is 54.9. The SMILES string of the molecule is CN[C@@H](C)C(=O)N[C@H](C(=O)N1C[C@@H]2C[C@H]1C(=O)N[C@@H](Cc1ccc3ccccc3c1)C(=O)N[C@H](C(=O)O)Cc1ccc(cc1)OCc1cn(nn1)[C@H]1C[C@@H](C(=O)N[C@@H](Cc3ccc4ccccc4c3)C(=O)N[C@H](C(=O)NC(CO)CO)Cc3ccc(cc3)OCC3=CN2NN3)N(C(=O)[C@@H](NC(=O)[C@H](C)NC)C(C)(C)C)C1)C(C)(C)C. The van der Waals surface area contributed by atoms with Crippen LogP contribution in [0.4, 0.5) is 0 Å². The molecule has 0 radical (unpaired) electrons. The van der Waals surface area contributed by atoms with Crippen molar-refractivity contribution in [2.75, 3.05) is 47.0 Å². The molecule has 0 spiro atoms. The number of hydrogen-bond donors (Lipinski definition) is 14. The normalized spacial score (nSPS) is 21.9. The van der Waals surface area contributed by atoms with Crippen molar-refractivity contribution in [2.45, 2.75) is 179 Å². The number of fused-ring (bicyclic) bond motifs is 2. The summed E-state index contributed by atoms with van der Waals surface area (Å²) in [6.45, 7) is 12.4. The molecule has 7 aliphatic rings. The second kappa shape index (κ2) is 37.1. The number of rotatable bonds is 17. The first-order valence-electron chi connectivity index (χ1n) is 38.7. The molecule has 2 fully saturated rings. The van der Waals surface area contributed by atoms with E-state index in [0.717, 1.165) is 21.5 Å². The third-order valence-electron chi connectivity index (χ3n) is 21.5. The molecule has 8 heterocycles. The molecule has 7 aliphatic heterocycles. The lowest BCUT2D eigenvalue weighted by Gasteiger charge is -2.36. The molecule has 612 valence electrons. The maximum absolute atomic E-state index is 15.5. The van der Waals surface area contributed by atoms with E-state index in [9.17, 15) is 39.3 Å². The Kier molecular flexibility index (Phi) is 27.2. The average Bonchev–Trinajstić information content (AvgIpc) is 1.67. The number of hydrogen-bond acceptors (Lipinski definition) is 21. The summed E-state index contributed by atoms with van der Waals surface area (Å²) in [7, 11) is 3.22. The number of carbonyl (C=O) groups excluding carboxylic acids is 9. The second-order valence-corrected chi connectivity index (χ2v) is 32.1. The van der Waals surface area contributed by atoms with E-state index in [0.29, 0.717) is 45.1 Å². The molecule has 0 unspecified atom stereocenters. The molecule has 9 amide bonds. The van der Waals surface area contributed by atoms with Crippen LogP contribution >= 0.6 is 0 Å². The first kappa shape index (κ1) is 84.3. The summed E-state index contributed by atoms with van der Waals surface area (Å²) in [5.41, 5.74) is 7.58. The summed E-state index contributed by atoms with van der Waals surface area (Å²) in [5.74, 6) is -6.56. The number of ether oxygens (including phenoxy) is 2. The third-order valence-corrected chi connectivity index (χ3v) is 21.5. The van der Waals surface area contributed by atoms with E-state index < -0.39 is 162 Å². The van der Waals surface area contributed by atoms with Crippen LogP contribution in [0.25, 0.3) is 21.5 Å². The fraction of sp³-hybridized carbons (Fsp3) is 0.446. The lowest BCUT2D eigenvalue weighted by atomic mass is 9.85. The zero-order chi connectivity index (χ0) is 82.6. The molecule has 12 atom stereocenters. The Morgan fingerprint density at radius 1 is 0.557 bits per heavy atom. The van der Waals surface area contributed by atoms with Gasteiger partial charge in [-0.2, -0.15) is 0 Å². The number of nitrogens with zero attached hydrogens (tertiary/aromatic N) is 6. The highest BCUT2D eigenvalue weighted by Crippen LogP contribution is 2.34. The number of aliphatic hydroxyl groups is 2. The molecule has 1 aromatic heterocycles. The number of likely N-dealkylation sites (tertiary alicyclic amines) is 2. The minimum absolute atomic E-state index is 0.00181. The number of carbonyl (C=O) groups is 10. The van der Waals surface area contributed by atoms with Crippen molar-refractivity contribution in [1.29, 1.82) is 0 Å². The smallest absolute Gasteiger partial charge is 0.326 e. The summed E-state index contributed by atoms with van der Waals surface area (Å²) in [6, 6.07) is 25.1. The fourth-order valence-electron chi connectivity index (χ4n) is 14.4. The number of hydrazine groups is 2. The van der Waals surface area contributed by atoms with E-state index in [1.54, 1.807) is 135 Å². The molecular formula is C83H105N17O15. The molecule has 32 nitrogen and oxygen atoms in total. The van der Waals surface area contributed by atoms with Gasteiger partial charge in [0.1, 0.15) is 78.7 Å². The van der Waals surface area contributed by atoms with Crippen molar-refractivity contribution in [3.05, 3.63) is 180 Å². The number of benzene rings is 6. The molecule has 7 aromatic rings. The number of carboxylic acids is 1. The van der Waals surface area contributed by atoms with Gasteiger partial charge in [-0.25, -0.2) is 9.48 Å². The molecule has 0 saturated carbocycles. The number of carboxylic acid groups (broad SMARTS) is 1. The Morgan fingerprint density at radius 2 is 1.01 bits per heavy atom. The largest absolute Gasteiger partial charge is 0.487 e. The van der Waals surface area contributed by atoms with Gasteiger partial charge < -0.3 is 87.9 Å². The molecule has 0 aliphatic carbocycles. The topological polar surface area (TPSA) is 423 Å². The molecule has 2 saturated heterocycles. The lowest BCUT2D eigenvalue weighted by Crippen LogP contribution is -2.61. The Labute approximate surface area is 666 Å². The maximum Gasteiger partial charge on any atom is 0.326 e. The van der Waals surface area contributed by atoms with E-state index in [1.807, 2.05) is 84.9 Å². The van der Waals surface area contributed by atoms with Crippen molar-refractivity contribution >= 4 is 80.7 Å². The number of aromatic nitrogens is 3. The highest BCUT2D eigenvalue weighted by Gasteiger charge is 2.50. The van der Waals surface area contributed by atoms with Crippen LogP contribution in [0.15, 0.2) is 152 Å². The summed E-state index contributed by atoms with van der Waals surface area (Å²) < 4.78 is 14.0. The van der Waals surface area contributed by atoms with Crippen molar-refractivity contribution in [1.82, 2.24) is 88.6 Å². The molecule has 14 rings (SSSR count). The zero-order valence-electron chi connectivity index (χ0n) is 66.3. The van der Waals surface area contributed by atoms with Crippen molar-refractivity contribution in [2.24, 2.45) is 10.8 Å². The Balaban J connectivity index is 0.940. The molecule has 115 heavy (non-hydrogen) atoms. The summed E-state index contributed by atoms with van der Waals surface area (Å²) in [6.07, 6.45) is 2.71. The number of aliphatic hydroxyl groups excluding tert-OH is 2. The van der Waals surface area contributed by atoms with Crippen LogP contribution < -0.4 is 68.3 Å². The molecular weight excluding hydrogens is 1480 g/mol. The van der Waals surface area contributed by atoms with Gasteiger partial charge >= 0.3 is 5.97 Å². The standard InChI is InChI=1S/C83H105N17O15/c1-47(84-9)72(103)91-70(82(3,4)5)79(110)97-41-60-37-68(97)77(108)88-65(35-51-19-25-53-15-11-13-17-55(53)31-51)75(106)87-64(74(105)86-59(43-101)44-102)33-49-21-27-62(28-22-49)114-45-57-39-100(95-93-57)61-38-69(98(42-61)80(111)71(83(6,7)8)92-73(104)48(2)85-10)78(109)89-66(36-52-20-26-54-16-12-14-18-56(54)32-52)76(107)90-67(81(112)113)34-50-23-29-63(30-24-50)115-46-58-40-99(60)96-94-58/h11-32,39-40,47-48,59-61,64-71,84-85,93,95,101-102H,33-38,41-46H2,1-10H3,(H,86,105)(H,87,106)(H,88,108)(H,89,109)(H,90,107)(H,91,103)(H,92,104)(H,112,113)/t47-,48-,60-,61-,64-,65-,66-,67-,68-,69-,70+,71+/m0/s1. The minimum atomic E-state index is -1.52. The number of aliphatic carboxylic acids is 1. The first-order valence-corrected chi connectivity index (χ1v) is 38.7. The fourth-order valence-corrected chi connectivity index (χ4v) is 14.4. The van der Waals surface area contributed by atoms with Crippen molar-refractivity contribution in [3.8, 4) is 11.5 Å². The number of likely N-dealkylation sites (N-methyl/N-ethyl adjacent to an activating group) is 2. The molecule has 32 heteroatoms. The summed E-state index contributed by atoms with van der Waals surface area (Å²) in [5, 5.41) is 71.0. The Hall–Kier alpha value is -11.6. The van der Waals surface area contributed by atoms with Gasteiger partial charge in [0.15, 0.2) is 0 Å². The highest BCUT2D eigenvalue weighted by atomic mass is 16.5. The van der Waals surface area contributed by atoms with Crippen LogP contribution in [0.1, 0.15) is 102 Å². The molecule has 12 bridgehead atoms. The Bertz CT molecular complexity index is 4710. The maximum atomic E-state index is 15.5.